The molecule has 0 amide bonds. The molecule has 0 bridgehead atoms. The van der Waals surface area contributed by atoms with Crippen LogP contribution >= 0.6 is 56.5 Å². The van der Waals surface area contributed by atoms with E-state index in [-0.39, 0.29) is 42.0 Å². The number of ether oxygens (including phenoxy) is 3. The van der Waals surface area contributed by atoms with Gasteiger partial charge < -0.3 is 19.7 Å². The molecule has 0 unspecified atom stereocenters. The molecule has 0 aliphatic carbocycles. The quantitative estimate of drug-likeness (QED) is 0.155. The Morgan fingerprint density at radius 2 is 0.740 bits per heavy atom. The second-order valence-electron chi connectivity index (χ2n) is 7.28. The van der Waals surface area contributed by atoms with Crippen LogP contribution in [0.2, 0.25) is 0 Å². The minimum absolute atomic E-state index is 0. The third kappa shape index (κ3) is 37.8. The standard InChI is InChI=1S/3C9H7F2NO.6ClH.2K.H2O.2Pt/c3*10-9(11)13-8-4-2-1-3-7(8)5-6-12;;;;;;;;;;;/h3*1-4,9H,5H2;6*1H;;;1H2;;/q;;;;;;;;;;;;+2;+4/p-6. The molecule has 23 heteroatoms. The van der Waals surface area contributed by atoms with E-state index in [0.29, 0.717) is 16.7 Å². The van der Waals surface area contributed by atoms with Gasteiger partial charge in [-0.05, 0) is 18.2 Å². The Labute approximate surface area is 366 Å². The normalized spacial score (nSPS) is 9.68. The summed E-state index contributed by atoms with van der Waals surface area (Å²) in [7, 11) is 29.8. The van der Waals surface area contributed by atoms with Crippen molar-refractivity contribution < 1.29 is 74.4 Å². The van der Waals surface area contributed by atoms with E-state index in [2.05, 4.69) is 14.2 Å². The summed E-state index contributed by atoms with van der Waals surface area (Å²) in [6.45, 7) is -8.54. The van der Waals surface area contributed by atoms with Crippen LogP contribution in [0.3, 0.4) is 0 Å². The van der Waals surface area contributed by atoms with Crippen LogP contribution in [-0.2, 0) is 47.6 Å². The molecule has 3 aromatic carbocycles. The number of alkyl halides is 6. The predicted octanol–water partition coefficient (Wildman–Crippen LogP) is 9.61. The Hall–Kier alpha value is 1.46. The van der Waals surface area contributed by atoms with Crippen molar-refractivity contribution >= 4 is 120 Å². The van der Waals surface area contributed by atoms with Crippen molar-refractivity contribution in [3.05, 3.63) is 89.5 Å². The van der Waals surface area contributed by atoms with Crippen LogP contribution in [0.4, 0.5) is 26.3 Å². The Kier molecular flexibility index (Phi) is 45.1. The van der Waals surface area contributed by atoms with Crippen LogP contribution in [0.25, 0.3) is 0 Å². The van der Waals surface area contributed by atoms with Crippen molar-refractivity contribution in [1.82, 2.24) is 0 Å². The summed E-state index contributed by atoms with van der Waals surface area (Å²) in [4.78, 5) is 0. The molecule has 0 heterocycles. The number of rotatable bonds is 9. The third-order valence-corrected chi connectivity index (χ3v) is 4.37. The summed E-state index contributed by atoms with van der Waals surface area (Å²) >= 11 is -1.03. The molecule has 0 spiro atoms. The van der Waals surface area contributed by atoms with Gasteiger partial charge in [0, 0.05) is 16.7 Å². The van der Waals surface area contributed by atoms with Gasteiger partial charge in [0.25, 0.3) is 0 Å². The fourth-order valence-electron chi connectivity index (χ4n) is 2.84. The van der Waals surface area contributed by atoms with E-state index >= 15 is 0 Å². The molecule has 0 aliphatic heterocycles. The summed E-state index contributed by atoms with van der Waals surface area (Å²) in [5.74, 6) is 0.206. The number of benzene rings is 3. The second-order valence-corrected chi connectivity index (χ2v) is 30.3. The van der Waals surface area contributed by atoms with Gasteiger partial charge in [0.15, 0.2) is 0 Å². The van der Waals surface area contributed by atoms with E-state index in [1.165, 1.54) is 81.4 Å². The third-order valence-electron chi connectivity index (χ3n) is 4.37. The zero-order chi connectivity index (χ0) is 38.3. The summed E-state index contributed by atoms with van der Waals surface area (Å²) in [5, 5.41) is 25.2. The summed E-state index contributed by atoms with van der Waals surface area (Å²) in [6.07, 6.45) is 0.217. The molecule has 3 aromatic rings. The first-order valence-corrected chi connectivity index (χ1v) is 45.5. The monoisotopic (exact) mass is 1240 g/mol. The molecule has 7 nitrogen and oxygen atoms in total. The van der Waals surface area contributed by atoms with Gasteiger partial charge in [-0.2, -0.15) is 42.1 Å². The van der Waals surface area contributed by atoms with E-state index in [4.69, 9.17) is 72.3 Å². The average Bonchev–Trinajstić information content (AvgIpc) is 3.01. The van der Waals surface area contributed by atoms with Crippen LogP contribution in [0.5, 0.6) is 17.2 Å². The van der Waals surface area contributed by atoms with Crippen LogP contribution in [0.1, 0.15) is 16.7 Å². The molecule has 276 valence electrons. The van der Waals surface area contributed by atoms with Crippen molar-refractivity contribution in [2.45, 2.75) is 39.1 Å². The second kappa shape index (κ2) is 38.7. The fraction of sp³-hybridized carbons (Fsp3) is 0.222. The van der Waals surface area contributed by atoms with Gasteiger partial charge in [0.05, 0.1) is 37.5 Å². The molecule has 3 rings (SSSR count). The van der Waals surface area contributed by atoms with Crippen molar-refractivity contribution in [2.75, 3.05) is 0 Å². The Bertz CT molecular complexity index is 1270. The summed E-state index contributed by atoms with van der Waals surface area (Å²) in [6, 6.07) is 24.4. The minimum atomic E-state index is -3.06. The maximum atomic E-state index is 11.8. The number of halogens is 12. The SMILES string of the molecule is N#CCc1ccccc1OC(F)F.N#CCc1ccccc1OC(F)F.N#CCc1ccccc1OC(F)F.O.[Cl][Pt]([Cl])([Cl])[Cl].[Cl][Pt][Cl].[K][K]. The predicted molar refractivity (Wildman–Crippen MR) is 177 cm³/mol. The molecule has 0 saturated carbocycles. The fourth-order valence-corrected chi connectivity index (χ4v) is 2.84. The number of para-hydroxylation sites is 3. The topological polar surface area (TPSA) is 131 Å². The molecule has 0 saturated heterocycles. The zero-order valence-corrected chi connectivity index (χ0v) is 40.8. The Morgan fingerprint density at radius 3 is 0.900 bits per heavy atom. The van der Waals surface area contributed by atoms with Crippen molar-refractivity contribution in [2.24, 2.45) is 0 Å². The van der Waals surface area contributed by atoms with E-state index in [0.717, 1.165) is 0 Å². The molecule has 0 aliphatic rings. The number of nitriles is 3. The number of nitrogens with zero attached hydrogens (tertiary/aromatic N) is 3. The van der Waals surface area contributed by atoms with E-state index in [1.807, 2.05) is 18.2 Å². The first-order chi connectivity index (χ1) is 23.1. The van der Waals surface area contributed by atoms with Crippen LogP contribution in [0.15, 0.2) is 72.8 Å². The van der Waals surface area contributed by atoms with Crippen molar-refractivity contribution in [1.29, 1.82) is 15.8 Å². The molecule has 2 N–H and O–H groups in total. The number of hydrogen-bond donors (Lipinski definition) is 0. The summed E-state index contributed by atoms with van der Waals surface area (Å²) < 4.78 is 83.7. The van der Waals surface area contributed by atoms with Crippen molar-refractivity contribution in [3.63, 3.8) is 0 Å². The van der Waals surface area contributed by atoms with Gasteiger partial charge in [-0.1, -0.05) is 54.6 Å². The molecule has 50 heavy (non-hydrogen) atoms. The van der Waals surface area contributed by atoms with Crippen LogP contribution in [-0.4, -0.2) is 88.5 Å². The molecular weight excluding hydrogens is 1230 g/mol. The average molecular weight is 1250 g/mol. The van der Waals surface area contributed by atoms with Gasteiger partial charge in [0.2, 0.25) is 0 Å². The van der Waals surface area contributed by atoms with E-state index in [9.17, 15) is 26.3 Å². The van der Waals surface area contributed by atoms with E-state index in [1.54, 1.807) is 54.6 Å². The van der Waals surface area contributed by atoms with Gasteiger partial charge in [-0.3, -0.25) is 0 Å². The van der Waals surface area contributed by atoms with Crippen LogP contribution < -0.4 is 14.2 Å². The van der Waals surface area contributed by atoms with E-state index < -0.39 is 48.2 Å². The molecular formula is C27H23Cl6F6K2N3O4Pt2. The van der Waals surface area contributed by atoms with Crippen LogP contribution in [0, 0.1) is 34.0 Å². The first kappa shape index (κ1) is 58.2. The molecule has 0 fully saturated rings. The summed E-state index contributed by atoms with van der Waals surface area (Å²) in [5.41, 5.74) is 1.43. The van der Waals surface area contributed by atoms with Gasteiger partial charge >= 0.3 is 168 Å². The van der Waals surface area contributed by atoms with Crippen molar-refractivity contribution in [3.8, 4) is 35.5 Å². The number of hydrogen-bond acceptors (Lipinski definition) is 6. The Balaban J connectivity index is -0.000000277. The zero-order valence-electron chi connectivity index (χ0n) is 25.5. The molecule has 0 aromatic heterocycles. The molecule has 0 atom stereocenters. The maximum absolute atomic E-state index is 11.8. The van der Waals surface area contributed by atoms with Gasteiger partial charge in [-0.25, -0.2) is 0 Å². The Morgan fingerprint density at radius 1 is 0.560 bits per heavy atom. The van der Waals surface area contributed by atoms with Gasteiger partial charge in [0.1, 0.15) is 17.2 Å². The molecule has 0 radical (unpaired) electrons. The van der Waals surface area contributed by atoms with Gasteiger partial charge in [-0.15, -0.1) is 0 Å². The first-order valence-electron chi connectivity index (χ1n) is 12.6.